The fraction of sp³-hybridized carbons (Fsp3) is 0.231. The normalized spacial score (nSPS) is 22.1. The molecule has 3 aromatic carbocycles. The summed E-state index contributed by atoms with van der Waals surface area (Å²) in [5.41, 5.74) is 3.68. The molecule has 1 amide bonds. The van der Waals surface area contributed by atoms with Crippen LogP contribution in [0.5, 0.6) is 0 Å². The molecule has 5 nitrogen and oxygen atoms in total. The van der Waals surface area contributed by atoms with Crippen LogP contribution in [-0.2, 0) is 9.63 Å². The van der Waals surface area contributed by atoms with Gasteiger partial charge in [-0.1, -0.05) is 89.6 Å². The molecule has 0 unspecified atom stereocenters. The van der Waals surface area contributed by atoms with Gasteiger partial charge in [-0.2, -0.15) is 0 Å². The lowest BCUT2D eigenvalue weighted by Gasteiger charge is -2.25. The molecule has 5 rings (SSSR count). The van der Waals surface area contributed by atoms with E-state index in [-0.39, 0.29) is 11.8 Å². The first kappa shape index (κ1) is 20.7. The fourth-order valence-electron chi connectivity index (χ4n) is 4.62. The molecule has 6 heteroatoms. The van der Waals surface area contributed by atoms with E-state index >= 15 is 0 Å². The molecule has 1 saturated heterocycles. The second-order valence-electron chi connectivity index (χ2n) is 8.14. The molecule has 1 fully saturated rings. The van der Waals surface area contributed by atoms with E-state index in [1.54, 1.807) is 12.1 Å². The molecule has 0 bridgehead atoms. The third kappa shape index (κ3) is 3.78. The molecular weight excluding hydrogens is 424 g/mol. The Morgan fingerprint density at radius 1 is 0.938 bits per heavy atom. The van der Waals surface area contributed by atoms with Crippen LogP contribution in [0.4, 0.5) is 0 Å². The van der Waals surface area contributed by atoms with Crippen molar-refractivity contribution in [2.75, 3.05) is 6.54 Å². The number of nitrogens with zero attached hydrogens (tertiary/aromatic N) is 2. The van der Waals surface area contributed by atoms with E-state index in [1.165, 1.54) is 16.0 Å². The summed E-state index contributed by atoms with van der Waals surface area (Å²) < 4.78 is 0. The SMILES string of the molecule is O=C1[C@@H]2C(c3ccc(Cl)cc3)=NO[C@@H]2[C@H](O)N1CCC(c1ccccc1)c1ccccc1. The Labute approximate surface area is 191 Å². The van der Waals surface area contributed by atoms with Crippen LogP contribution in [0, 0.1) is 5.92 Å². The minimum Gasteiger partial charge on any atom is -0.386 e. The van der Waals surface area contributed by atoms with Crippen molar-refractivity contribution in [1.82, 2.24) is 4.90 Å². The minimum absolute atomic E-state index is 0.114. The zero-order valence-corrected chi connectivity index (χ0v) is 18.1. The fourth-order valence-corrected chi connectivity index (χ4v) is 4.75. The molecule has 0 aromatic heterocycles. The van der Waals surface area contributed by atoms with Gasteiger partial charge in [-0.15, -0.1) is 0 Å². The third-order valence-corrected chi connectivity index (χ3v) is 6.51. The number of likely N-dealkylation sites (tertiary alicyclic amines) is 1. The van der Waals surface area contributed by atoms with E-state index in [1.807, 2.05) is 48.5 Å². The Bertz CT molecular complexity index is 1080. The van der Waals surface area contributed by atoms with Crippen LogP contribution in [0.15, 0.2) is 90.1 Å². The number of carbonyl (C=O) groups excluding carboxylic acids is 1. The Morgan fingerprint density at radius 3 is 2.12 bits per heavy atom. The van der Waals surface area contributed by atoms with Crippen LogP contribution in [0.2, 0.25) is 5.02 Å². The second kappa shape index (κ2) is 8.77. The molecule has 0 spiro atoms. The number of hydrogen-bond donors (Lipinski definition) is 1. The molecule has 0 saturated carbocycles. The van der Waals surface area contributed by atoms with Gasteiger partial charge in [-0.05, 0) is 29.7 Å². The molecule has 2 aliphatic rings. The first-order valence-corrected chi connectivity index (χ1v) is 11.1. The number of carbonyl (C=O) groups is 1. The number of aliphatic hydroxyl groups excluding tert-OH is 1. The van der Waals surface area contributed by atoms with Crippen molar-refractivity contribution in [2.24, 2.45) is 11.1 Å². The first-order chi connectivity index (χ1) is 15.6. The number of benzene rings is 3. The summed E-state index contributed by atoms with van der Waals surface area (Å²) in [5.74, 6) is -0.658. The van der Waals surface area contributed by atoms with Gasteiger partial charge in [-0.25, -0.2) is 0 Å². The quantitative estimate of drug-likeness (QED) is 0.608. The summed E-state index contributed by atoms with van der Waals surface area (Å²) >= 11 is 5.99. The maximum absolute atomic E-state index is 13.3. The van der Waals surface area contributed by atoms with E-state index in [9.17, 15) is 9.90 Å². The summed E-state index contributed by atoms with van der Waals surface area (Å²) in [6.45, 7) is 0.415. The maximum atomic E-state index is 13.3. The van der Waals surface area contributed by atoms with Crippen molar-refractivity contribution >= 4 is 23.2 Å². The number of hydrogen-bond acceptors (Lipinski definition) is 4. The van der Waals surface area contributed by atoms with Crippen molar-refractivity contribution in [3.63, 3.8) is 0 Å². The van der Waals surface area contributed by atoms with Gasteiger partial charge in [0.25, 0.3) is 0 Å². The van der Waals surface area contributed by atoms with Crippen LogP contribution < -0.4 is 0 Å². The number of aliphatic hydroxyl groups is 1. The van der Waals surface area contributed by atoms with Gasteiger partial charge in [0.15, 0.2) is 12.3 Å². The van der Waals surface area contributed by atoms with Crippen LogP contribution in [0.3, 0.4) is 0 Å². The van der Waals surface area contributed by atoms with Crippen LogP contribution in [-0.4, -0.2) is 40.5 Å². The Morgan fingerprint density at radius 2 is 1.53 bits per heavy atom. The van der Waals surface area contributed by atoms with Crippen molar-refractivity contribution in [3.05, 3.63) is 107 Å². The van der Waals surface area contributed by atoms with E-state index in [2.05, 4.69) is 29.4 Å². The molecule has 162 valence electrons. The minimum atomic E-state index is -1.03. The summed E-state index contributed by atoms with van der Waals surface area (Å²) in [6, 6.07) is 27.6. The molecule has 1 N–H and O–H groups in total. The highest BCUT2D eigenvalue weighted by Gasteiger charge is 2.55. The van der Waals surface area contributed by atoms with Gasteiger partial charge in [-0.3, -0.25) is 4.79 Å². The highest BCUT2D eigenvalue weighted by molar-refractivity contribution is 6.30. The van der Waals surface area contributed by atoms with Gasteiger partial charge in [0.05, 0.1) is 0 Å². The Kier molecular flexibility index (Phi) is 5.68. The summed E-state index contributed by atoms with van der Waals surface area (Å²) in [6.07, 6.45) is -1.04. The van der Waals surface area contributed by atoms with Crippen LogP contribution in [0.25, 0.3) is 0 Å². The standard InChI is InChI=1S/C26H23ClN2O3/c27-20-13-11-19(12-14-20)23-22-24(32-28-23)26(31)29(25(22)30)16-15-21(17-7-3-1-4-8-17)18-9-5-2-6-10-18/h1-14,21-22,24,26,31H,15-16H2/t22-,24+,26+/m1/s1. The Balaban J connectivity index is 1.36. The summed E-state index contributed by atoms with van der Waals surface area (Å²) in [4.78, 5) is 20.3. The van der Waals surface area contributed by atoms with Crippen molar-refractivity contribution in [2.45, 2.75) is 24.7 Å². The van der Waals surface area contributed by atoms with Gasteiger partial charge >= 0.3 is 0 Å². The monoisotopic (exact) mass is 446 g/mol. The smallest absolute Gasteiger partial charge is 0.238 e. The first-order valence-electron chi connectivity index (χ1n) is 10.7. The zero-order valence-electron chi connectivity index (χ0n) is 17.3. The molecule has 2 heterocycles. The number of rotatable bonds is 6. The van der Waals surface area contributed by atoms with Crippen molar-refractivity contribution < 1.29 is 14.7 Å². The lowest BCUT2D eigenvalue weighted by Crippen LogP contribution is -2.38. The number of oxime groups is 1. The molecule has 2 aliphatic heterocycles. The summed E-state index contributed by atoms with van der Waals surface area (Å²) in [7, 11) is 0. The van der Waals surface area contributed by atoms with Crippen LogP contribution in [0.1, 0.15) is 29.0 Å². The average molecular weight is 447 g/mol. The third-order valence-electron chi connectivity index (χ3n) is 6.26. The number of halogens is 1. The van der Waals surface area contributed by atoms with Crippen LogP contribution >= 0.6 is 11.6 Å². The van der Waals surface area contributed by atoms with Gasteiger partial charge < -0.3 is 14.8 Å². The topological polar surface area (TPSA) is 62.1 Å². The second-order valence-corrected chi connectivity index (χ2v) is 8.58. The largest absolute Gasteiger partial charge is 0.386 e. The van der Waals surface area contributed by atoms with E-state index in [0.717, 1.165) is 5.56 Å². The lowest BCUT2D eigenvalue weighted by molar-refractivity contribution is -0.135. The predicted octanol–water partition coefficient (Wildman–Crippen LogP) is 4.44. The number of fused-ring (bicyclic) bond motifs is 1. The number of amides is 1. The molecule has 0 aliphatic carbocycles. The van der Waals surface area contributed by atoms with Gasteiger partial charge in [0, 0.05) is 23.0 Å². The maximum Gasteiger partial charge on any atom is 0.238 e. The van der Waals surface area contributed by atoms with E-state index in [4.69, 9.17) is 16.4 Å². The highest BCUT2D eigenvalue weighted by atomic mass is 35.5. The molecule has 32 heavy (non-hydrogen) atoms. The van der Waals surface area contributed by atoms with Crippen molar-refractivity contribution in [3.8, 4) is 0 Å². The van der Waals surface area contributed by atoms with Gasteiger partial charge in [0.2, 0.25) is 5.91 Å². The predicted molar refractivity (Wildman–Crippen MR) is 123 cm³/mol. The molecular formula is C26H23ClN2O3. The molecule has 3 atom stereocenters. The summed E-state index contributed by atoms with van der Waals surface area (Å²) in [5, 5.41) is 15.6. The molecule has 3 aromatic rings. The van der Waals surface area contributed by atoms with E-state index < -0.39 is 18.2 Å². The highest BCUT2D eigenvalue weighted by Crippen LogP contribution is 2.36. The van der Waals surface area contributed by atoms with Gasteiger partial charge in [0.1, 0.15) is 11.6 Å². The van der Waals surface area contributed by atoms with E-state index in [0.29, 0.717) is 23.7 Å². The Hall–Kier alpha value is -3.15. The zero-order chi connectivity index (χ0) is 22.1. The molecule has 0 radical (unpaired) electrons. The average Bonchev–Trinajstić information content (AvgIpc) is 3.37. The van der Waals surface area contributed by atoms with Crippen molar-refractivity contribution in [1.29, 1.82) is 0 Å². The lowest BCUT2D eigenvalue weighted by atomic mass is 9.88.